The Hall–Kier alpha value is -2.92. The van der Waals surface area contributed by atoms with Gasteiger partial charge in [0.15, 0.2) is 0 Å². The van der Waals surface area contributed by atoms with Gasteiger partial charge >= 0.3 is 11.9 Å². The molecule has 2 aromatic carbocycles. The molecule has 2 aliphatic rings. The summed E-state index contributed by atoms with van der Waals surface area (Å²) in [5.74, 6) is -0.801. The molecule has 1 aliphatic heterocycles. The summed E-state index contributed by atoms with van der Waals surface area (Å²) in [4.78, 5) is 24.9. The lowest BCUT2D eigenvalue weighted by atomic mass is 9.80. The number of ether oxygens (including phenoxy) is 2. The van der Waals surface area contributed by atoms with E-state index in [0.29, 0.717) is 18.4 Å². The number of unbranched alkanes of at least 4 members (excludes halogenated alkanes) is 1. The van der Waals surface area contributed by atoms with Gasteiger partial charge in [-0.1, -0.05) is 88.2 Å². The van der Waals surface area contributed by atoms with Crippen molar-refractivity contribution < 1.29 is 24.2 Å². The minimum absolute atomic E-state index is 0.0389. The van der Waals surface area contributed by atoms with E-state index in [1.807, 2.05) is 54.6 Å². The van der Waals surface area contributed by atoms with Gasteiger partial charge in [0.25, 0.3) is 0 Å². The van der Waals surface area contributed by atoms with Gasteiger partial charge in [-0.05, 0) is 35.1 Å². The van der Waals surface area contributed by atoms with Crippen LogP contribution in [0.25, 0.3) is 11.1 Å². The number of fused-ring (bicyclic) bond motifs is 1. The monoisotopic (exact) mass is 476 g/mol. The van der Waals surface area contributed by atoms with Crippen molar-refractivity contribution in [2.24, 2.45) is 17.3 Å². The van der Waals surface area contributed by atoms with Gasteiger partial charge in [0.2, 0.25) is 0 Å². The van der Waals surface area contributed by atoms with Crippen molar-refractivity contribution in [1.82, 2.24) is 0 Å². The highest BCUT2D eigenvalue weighted by molar-refractivity contribution is 5.90. The van der Waals surface area contributed by atoms with Crippen molar-refractivity contribution >= 4 is 11.9 Å². The lowest BCUT2D eigenvalue weighted by molar-refractivity contribution is -0.141. The number of hydrogen-bond acceptors (Lipinski definition) is 5. The first-order chi connectivity index (χ1) is 16.8. The van der Waals surface area contributed by atoms with E-state index >= 15 is 0 Å². The molecule has 2 aromatic rings. The van der Waals surface area contributed by atoms with Crippen molar-refractivity contribution in [2.75, 3.05) is 0 Å². The Morgan fingerprint density at radius 3 is 2.51 bits per heavy atom. The third-order valence-corrected chi connectivity index (χ3v) is 7.53. The Kier molecular flexibility index (Phi) is 7.75. The van der Waals surface area contributed by atoms with E-state index in [2.05, 4.69) is 20.8 Å². The van der Waals surface area contributed by atoms with Gasteiger partial charge in [0.1, 0.15) is 12.2 Å². The zero-order valence-electron chi connectivity index (χ0n) is 20.9. The molecule has 1 saturated carbocycles. The quantitative estimate of drug-likeness (QED) is 0.357. The molecule has 186 valence electrons. The maximum absolute atomic E-state index is 13.0. The van der Waals surface area contributed by atoms with E-state index < -0.39 is 12.2 Å². The maximum Gasteiger partial charge on any atom is 0.338 e. The largest absolute Gasteiger partial charge is 0.462 e. The Morgan fingerprint density at radius 1 is 1.14 bits per heavy atom. The number of esters is 2. The van der Waals surface area contributed by atoms with E-state index in [1.54, 1.807) is 12.1 Å². The summed E-state index contributed by atoms with van der Waals surface area (Å²) in [5.41, 5.74) is 2.36. The molecule has 1 aliphatic carbocycles. The fraction of sp³-hybridized carbons (Fsp3) is 0.467. The van der Waals surface area contributed by atoms with Gasteiger partial charge in [-0.15, -0.1) is 0 Å². The van der Waals surface area contributed by atoms with Crippen LogP contribution in [0.1, 0.15) is 63.2 Å². The SMILES string of the molecule is CCCCC(C)(C)[C@@H](O)C=C[C@@H]1[C@H]2CC(=O)O[C@H]2C[C@H]1OC(=O)c1ccc(-c2ccccc2)cc1. The molecular weight excluding hydrogens is 440 g/mol. The fourth-order valence-electron chi connectivity index (χ4n) is 5.20. The second kappa shape index (κ2) is 10.8. The van der Waals surface area contributed by atoms with Crippen LogP contribution in [0, 0.1) is 17.3 Å². The second-order valence-electron chi connectivity index (χ2n) is 10.5. The van der Waals surface area contributed by atoms with Crippen LogP contribution in [0.3, 0.4) is 0 Å². The van der Waals surface area contributed by atoms with Crippen LogP contribution in [0.2, 0.25) is 0 Å². The number of hydrogen-bond donors (Lipinski definition) is 1. The molecule has 0 spiro atoms. The molecule has 0 aromatic heterocycles. The number of benzene rings is 2. The van der Waals surface area contributed by atoms with Crippen LogP contribution in [0.15, 0.2) is 66.7 Å². The first-order valence-electron chi connectivity index (χ1n) is 12.7. The zero-order chi connectivity index (χ0) is 25.0. The molecule has 4 rings (SSSR count). The maximum atomic E-state index is 13.0. The van der Waals surface area contributed by atoms with Crippen LogP contribution in [0.5, 0.6) is 0 Å². The van der Waals surface area contributed by atoms with Gasteiger partial charge in [0, 0.05) is 18.3 Å². The highest BCUT2D eigenvalue weighted by Gasteiger charge is 2.50. The van der Waals surface area contributed by atoms with Crippen LogP contribution >= 0.6 is 0 Å². The van der Waals surface area contributed by atoms with Crippen molar-refractivity contribution in [2.45, 2.75) is 71.2 Å². The highest BCUT2D eigenvalue weighted by Crippen LogP contribution is 2.44. The van der Waals surface area contributed by atoms with Gasteiger partial charge in [0.05, 0.1) is 18.1 Å². The third kappa shape index (κ3) is 5.84. The fourth-order valence-corrected chi connectivity index (χ4v) is 5.20. The predicted molar refractivity (Wildman–Crippen MR) is 136 cm³/mol. The van der Waals surface area contributed by atoms with Crippen molar-refractivity contribution in [3.63, 3.8) is 0 Å². The van der Waals surface area contributed by atoms with E-state index in [9.17, 15) is 14.7 Å². The minimum atomic E-state index is -0.618. The Balaban J connectivity index is 1.46. The lowest BCUT2D eigenvalue weighted by Crippen LogP contribution is -2.29. The average Bonchev–Trinajstić information content (AvgIpc) is 3.37. The van der Waals surface area contributed by atoms with Gasteiger partial charge in [-0.3, -0.25) is 4.79 Å². The average molecular weight is 477 g/mol. The molecule has 0 amide bonds. The number of rotatable bonds is 9. The predicted octanol–water partition coefficient (Wildman–Crippen LogP) is 5.96. The number of carbonyl (C=O) groups excluding carboxylic acids is 2. The molecule has 1 N–H and O–H groups in total. The van der Waals surface area contributed by atoms with Crippen molar-refractivity contribution in [1.29, 1.82) is 0 Å². The second-order valence-corrected chi connectivity index (χ2v) is 10.5. The van der Waals surface area contributed by atoms with E-state index in [-0.39, 0.29) is 35.3 Å². The van der Waals surface area contributed by atoms with Gasteiger partial charge < -0.3 is 14.6 Å². The van der Waals surface area contributed by atoms with E-state index in [1.165, 1.54) is 0 Å². The first kappa shape index (κ1) is 25.2. The summed E-state index contributed by atoms with van der Waals surface area (Å²) < 4.78 is 11.4. The van der Waals surface area contributed by atoms with Crippen LogP contribution in [-0.2, 0) is 14.3 Å². The zero-order valence-corrected chi connectivity index (χ0v) is 20.9. The summed E-state index contributed by atoms with van der Waals surface area (Å²) in [6, 6.07) is 17.4. The number of aliphatic hydroxyl groups excluding tert-OH is 1. The minimum Gasteiger partial charge on any atom is -0.462 e. The van der Waals surface area contributed by atoms with Crippen LogP contribution in [-0.4, -0.2) is 35.4 Å². The Labute approximate surface area is 208 Å². The number of carbonyl (C=O) groups is 2. The smallest absolute Gasteiger partial charge is 0.338 e. The molecular formula is C30H36O5. The molecule has 0 unspecified atom stereocenters. The normalized spacial score (nSPS) is 24.9. The molecule has 35 heavy (non-hydrogen) atoms. The van der Waals surface area contributed by atoms with Crippen LogP contribution in [0.4, 0.5) is 0 Å². The molecule has 5 heteroatoms. The van der Waals surface area contributed by atoms with Gasteiger partial charge in [-0.25, -0.2) is 4.79 Å². The molecule has 5 nitrogen and oxygen atoms in total. The molecule has 1 saturated heterocycles. The van der Waals surface area contributed by atoms with Crippen molar-refractivity contribution in [3.8, 4) is 11.1 Å². The van der Waals surface area contributed by atoms with E-state index in [4.69, 9.17) is 9.47 Å². The standard InChI is InChI=1S/C30H36O5/c1-4-5-17-30(2,3)27(31)16-15-23-24-18-28(32)34-26(24)19-25(23)35-29(33)22-13-11-21(12-14-22)20-9-7-6-8-10-20/h6-16,23-27,31H,4-5,17-19H2,1-3H3/t23-,24-,25-,26+,27+/m1/s1. The molecule has 0 radical (unpaired) electrons. The Morgan fingerprint density at radius 2 is 1.83 bits per heavy atom. The lowest BCUT2D eigenvalue weighted by Gasteiger charge is -2.29. The van der Waals surface area contributed by atoms with Crippen molar-refractivity contribution in [3.05, 3.63) is 72.3 Å². The molecule has 5 atom stereocenters. The molecule has 0 bridgehead atoms. The Bertz CT molecular complexity index is 1040. The topological polar surface area (TPSA) is 72.8 Å². The van der Waals surface area contributed by atoms with Crippen LogP contribution < -0.4 is 0 Å². The summed E-state index contributed by atoms with van der Waals surface area (Å²) in [5, 5.41) is 10.8. The summed E-state index contributed by atoms with van der Waals surface area (Å²) in [6.07, 6.45) is 6.35. The third-order valence-electron chi connectivity index (χ3n) is 7.53. The summed E-state index contributed by atoms with van der Waals surface area (Å²) in [6.45, 7) is 6.27. The molecule has 1 heterocycles. The molecule has 2 fully saturated rings. The summed E-state index contributed by atoms with van der Waals surface area (Å²) in [7, 11) is 0. The summed E-state index contributed by atoms with van der Waals surface area (Å²) >= 11 is 0. The first-order valence-corrected chi connectivity index (χ1v) is 12.7. The number of aliphatic hydroxyl groups is 1. The van der Waals surface area contributed by atoms with E-state index in [0.717, 1.165) is 30.4 Å². The van der Waals surface area contributed by atoms with Gasteiger partial charge in [-0.2, -0.15) is 0 Å². The highest BCUT2D eigenvalue weighted by atomic mass is 16.6.